The molecule has 0 aliphatic carbocycles. The third kappa shape index (κ3) is 5.24. The summed E-state index contributed by atoms with van der Waals surface area (Å²) in [7, 11) is 0. The van der Waals surface area contributed by atoms with Crippen LogP contribution in [0.1, 0.15) is 0 Å². The Hall–Kier alpha value is -7.50. The van der Waals surface area contributed by atoms with E-state index in [1.807, 2.05) is 24.4 Å². The van der Waals surface area contributed by atoms with E-state index in [1.165, 1.54) is 10.8 Å². The van der Waals surface area contributed by atoms with Crippen molar-refractivity contribution in [1.82, 2.24) is 24.3 Å². The first-order chi connectivity index (χ1) is 27.2. The largest absolute Gasteiger partial charge is 0.284 e. The van der Waals surface area contributed by atoms with Crippen LogP contribution in [0.5, 0.6) is 0 Å². The molecule has 0 saturated heterocycles. The summed E-state index contributed by atoms with van der Waals surface area (Å²) in [6.07, 6.45) is 2.03. The van der Waals surface area contributed by atoms with E-state index in [2.05, 4.69) is 168 Å². The van der Waals surface area contributed by atoms with Crippen LogP contribution in [0.15, 0.2) is 188 Å². The maximum Gasteiger partial charge on any atom is 0.165 e. The monoisotopic (exact) mass is 701 g/mol. The molecule has 0 spiro atoms. The maximum atomic E-state index is 5.26. The molecular weight excluding hydrogens is 671 g/mol. The van der Waals surface area contributed by atoms with Crippen LogP contribution in [0.25, 0.3) is 105 Å². The fraction of sp³-hybridized carbons (Fsp3) is 0. The zero-order valence-electron chi connectivity index (χ0n) is 29.6. The van der Waals surface area contributed by atoms with E-state index in [0.717, 1.165) is 88.8 Å². The van der Waals surface area contributed by atoms with Crippen LogP contribution in [0.2, 0.25) is 0 Å². The molecule has 7 aromatic carbocycles. The van der Waals surface area contributed by atoms with Gasteiger partial charge < -0.3 is 0 Å². The number of nitrogens with zero attached hydrogens (tertiary/aromatic N) is 5. The van der Waals surface area contributed by atoms with Crippen LogP contribution in [0.3, 0.4) is 0 Å². The Morgan fingerprint density at radius 2 is 0.927 bits per heavy atom. The van der Waals surface area contributed by atoms with Crippen LogP contribution in [0.4, 0.5) is 0 Å². The number of fused-ring (bicyclic) bond motifs is 7. The lowest BCUT2D eigenvalue weighted by atomic mass is 9.97. The second-order valence-corrected chi connectivity index (χ2v) is 13.9. The van der Waals surface area contributed by atoms with Gasteiger partial charge in [-0.1, -0.05) is 158 Å². The van der Waals surface area contributed by atoms with Gasteiger partial charge in [-0.25, -0.2) is 19.9 Å². The van der Waals surface area contributed by atoms with Crippen LogP contribution in [-0.2, 0) is 0 Å². The standard InChI is InChI=1S/C50H31N5/c1-3-18-38-33(12-1)14-10-22-40(38)44-31-45(41-23-11-15-34-13-2-4-19-39(34)41)52-49(51-44)37-17-9-16-36(30-37)32-25-27-35(28-26-32)47-42-20-5-6-21-43(42)48-50(54-47)55-29-8-7-24-46(55)53-48/h1-31H. The first-order valence-corrected chi connectivity index (χ1v) is 18.5. The Morgan fingerprint density at radius 1 is 0.364 bits per heavy atom. The van der Waals surface area contributed by atoms with E-state index in [-0.39, 0.29) is 0 Å². The Bertz CT molecular complexity index is 3160. The van der Waals surface area contributed by atoms with E-state index in [1.54, 1.807) is 0 Å². The lowest BCUT2D eigenvalue weighted by Crippen LogP contribution is -1.97. The second kappa shape index (κ2) is 12.6. The van der Waals surface area contributed by atoms with E-state index in [4.69, 9.17) is 19.9 Å². The van der Waals surface area contributed by atoms with Crippen molar-refractivity contribution in [3.8, 4) is 56.3 Å². The molecule has 0 unspecified atom stereocenters. The minimum absolute atomic E-state index is 0.684. The van der Waals surface area contributed by atoms with Crippen LogP contribution >= 0.6 is 0 Å². The van der Waals surface area contributed by atoms with Crippen LogP contribution in [-0.4, -0.2) is 24.3 Å². The van der Waals surface area contributed by atoms with Crippen molar-refractivity contribution in [1.29, 1.82) is 0 Å². The SMILES string of the molecule is c1cc(-c2ccc(-c3nc4c(nc5ccccn54)c4ccccc34)cc2)cc(-c2nc(-c3cccc4ccccc34)cc(-c3cccc4ccccc34)n2)c1. The van der Waals surface area contributed by atoms with Gasteiger partial charge in [0.25, 0.3) is 0 Å². The van der Waals surface area contributed by atoms with E-state index in [0.29, 0.717) is 5.82 Å². The summed E-state index contributed by atoms with van der Waals surface area (Å²) in [5.41, 5.74) is 11.7. The van der Waals surface area contributed by atoms with Crippen molar-refractivity contribution in [2.45, 2.75) is 0 Å². The lowest BCUT2D eigenvalue weighted by Gasteiger charge is -2.13. The molecule has 0 radical (unpaired) electrons. The molecule has 0 atom stereocenters. The summed E-state index contributed by atoms with van der Waals surface area (Å²) in [6.45, 7) is 0. The first-order valence-electron chi connectivity index (χ1n) is 18.5. The number of hydrogen-bond donors (Lipinski definition) is 0. The van der Waals surface area contributed by atoms with E-state index in [9.17, 15) is 0 Å². The number of pyridine rings is 2. The molecule has 55 heavy (non-hydrogen) atoms. The molecule has 11 aromatic rings. The summed E-state index contributed by atoms with van der Waals surface area (Å²) in [5.74, 6) is 0.684. The van der Waals surface area contributed by atoms with Crippen molar-refractivity contribution in [3.05, 3.63) is 188 Å². The Morgan fingerprint density at radius 3 is 1.64 bits per heavy atom. The smallest absolute Gasteiger partial charge is 0.165 e. The third-order valence-corrected chi connectivity index (χ3v) is 10.6. The molecule has 0 bridgehead atoms. The van der Waals surface area contributed by atoms with Crippen molar-refractivity contribution in [3.63, 3.8) is 0 Å². The van der Waals surface area contributed by atoms with Gasteiger partial charge >= 0.3 is 0 Å². The molecule has 11 rings (SSSR count). The number of aromatic nitrogens is 5. The minimum Gasteiger partial charge on any atom is -0.284 e. The van der Waals surface area contributed by atoms with Crippen molar-refractivity contribution in [2.75, 3.05) is 0 Å². The summed E-state index contributed by atoms with van der Waals surface area (Å²) in [5, 5.41) is 6.86. The van der Waals surface area contributed by atoms with Crippen molar-refractivity contribution >= 4 is 49.1 Å². The second-order valence-electron chi connectivity index (χ2n) is 13.9. The van der Waals surface area contributed by atoms with Crippen LogP contribution in [0, 0.1) is 0 Å². The molecule has 4 aromatic heterocycles. The fourth-order valence-corrected chi connectivity index (χ4v) is 7.96. The van der Waals surface area contributed by atoms with Gasteiger partial charge in [-0.15, -0.1) is 0 Å². The zero-order chi connectivity index (χ0) is 36.3. The highest BCUT2D eigenvalue weighted by molar-refractivity contribution is 6.09. The summed E-state index contributed by atoms with van der Waals surface area (Å²) in [6, 6.07) is 63.6. The maximum absolute atomic E-state index is 5.26. The van der Waals surface area contributed by atoms with Gasteiger partial charge in [-0.2, -0.15) is 0 Å². The van der Waals surface area contributed by atoms with E-state index < -0.39 is 0 Å². The highest BCUT2D eigenvalue weighted by Gasteiger charge is 2.17. The lowest BCUT2D eigenvalue weighted by molar-refractivity contribution is 1.19. The zero-order valence-corrected chi connectivity index (χ0v) is 29.6. The summed E-state index contributed by atoms with van der Waals surface area (Å²) >= 11 is 0. The highest BCUT2D eigenvalue weighted by atomic mass is 15.1. The van der Waals surface area contributed by atoms with E-state index >= 15 is 0 Å². The van der Waals surface area contributed by atoms with Gasteiger partial charge in [0.15, 0.2) is 11.5 Å². The quantitative estimate of drug-likeness (QED) is 0.179. The molecule has 0 aliphatic heterocycles. The Balaban J connectivity index is 1.03. The molecule has 0 fully saturated rings. The van der Waals surface area contributed by atoms with Crippen LogP contribution < -0.4 is 0 Å². The molecule has 4 heterocycles. The third-order valence-electron chi connectivity index (χ3n) is 10.6. The molecule has 256 valence electrons. The predicted molar refractivity (Wildman–Crippen MR) is 226 cm³/mol. The molecule has 5 heteroatoms. The molecule has 0 aliphatic rings. The Kier molecular flexibility index (Phi) is 7.10. The molecule has 0 N–H and O–H groups in total. The first kappa shape index (κ1) is 31.1. The molecule has 5 nitrogen and oxygen atoms in total. The molecular formula is C50H31N5. The highest BCUT2D eigenvalue weighted by Crippen LogP contribution is 2.37. The molecule has 0 amide bonds. The van der Waals surface area contributed by atoms with Crippen molar-refractivity contribution < 1.29 is 0 Å². The van der Waals surface area contributed by atoms with Gasteiger partial charge in [-0.3, -0.25) is 4.40 Å². The van der Waals surface area contributed by atoms with Gasteiger partial charge in [0.1, 0.15) is 11.2 Å². The van der Waals surface area contributed by atoms with Gasteiger partial charge in [0.2, 0.25) is 0 Å². The average Bonchev–Trinajstić information content (AvgIpc) is 3.64. The number of hydrogen-bond acceptors (Lipinski definition) is 4. The predicted octanol–water partition coefficient (Wildman–Crippen LogP) is 12.5. The van der Waals surface area contributed by atoms with Gasteiger partial charge in [0.05, 0.1) is 17.1 Å². The summed E-state index contributed by atoms with van der Waals surface area (Å²) < 4.78 is 2.06. The Labute approximate surface area is 316 Å². The minimum atomic E-state index is 0.684. The molecule has 0 saturated carbocycles. The van der Waals surface area contributed by atoms with Crippen molar-refractivity contribution in [2.24, 2.45) is 0 Å². The topological polar surface area (TPSA) is 56.0 Å². The number of rotatable bonds is 5. The fourth-order valence-electron chi connectivity index (χ4n) is 7.96. The number of imidazole rings is 1. The normalized spacial score (nSPS) is 11.6. The summed E-state index contributed by atoms with van der Waals surface area (Å²) in [4.78, 5) is 20.7. The van der Waals surface area contributed by atoms with Gasteiger partial charge in [0, 0.05) is 39.2 Å². The van der Waals surface area contributed by atoms with Gasteiger partial charge in [-0.05, 0) is 56.9 Å². The number of benzene rings is 7. The average molecular weight is 702 g/mol.